The summed E-state index contributed by atoms with van der Waals surface area (Å²) in [4.78, 5) is 5.58. The third kappa shape index (κ3) is 3.23. The van der Waals surface area contributed by atoms with Crippen molar-refractivity contribution in [3.05, 3.63) is 29.1 Å². The minimum absolute atomic E-state index is 0.226. The molecule has 7 heteroatoms. The van der Waals surface area contributed by atoms with Crippen LogP contribution in [0.3, 0.4) is 0 Å². The number of aromatic nitrogens is 2. The zero-order valence-corrected chi connectivity index (χ0v) is 12.9. The van der Waals surface area contributed by atoms with Gasteiger partial charge in [-0.3, -0.25) is 9.88 Å². The zero-order chi connectivity index (χ0) is 15.0. The molecule has 0 spiro atoms. The van der Waals surface area contributed by atoms with Crippen molar-refractivity contribution in [3.63, 3.8) is 0 Å². The van der Waals surface area contributed by atoms with E-state index in [-0.39, 0.29) is 6.04 Å². The van der Waals surface area contributed by atoms with Crippen LogP contribution in [-0.2, 0) is 0 Å². The Bertz CT molecular complexity index is 630. The van der Waals surface area contributed by atoms with Gasteiger partial charge in [-0.15, -0.1) is 0 Å². The summed E-state index contributed by atoms with van der Waals surface area (Å²) in [6.45, 7) is 0.139. The molecule has 0 aromatic carbocycles. The summed E-state index contributed by atoms with van der Waals surface area (Å²) < 4.78 is 40.4. The highest BCUT2D eigenvalue weighted by atomic mass is 79.9. The lowest BCUT2D eigenvalue weighted by molar-refractivity contribution is -0.148. The quantitative estimate of drug-likeness (QED) is 0.805. The molecule has 2 aromatic heterocycles. The van der Waals surface area contributed by atoms with Crippen molar-refractivity contribution in [3.8, 4) is 0 Å². The molecule has 3 heterocycles. The normalized spacial score (nSPS) is 18.5. The van der Waals surface area contributed by atoms with Gasteiger partial charge in [-0.25, -0.2) is 0 Å². The van der Waals surface area contributed by atoms with Crippen LogP contribution < -0.4 is 0 Å². The van der Waals surface area contributed by atoms with E-state index in [4.69, 9.17) is 0 Å². The summed E-state index contributed by atoms with van der Waals surface area (Å²) in [6, 6.07) is 4.18. The maximum atomic E-state index is 12.4. The van der Waals surface area contributed by atoms with Crippen LogP contribution in [0.5, 0.6) is 0 Å². The molecule has 0 N–H and O–H groups in total. The summed E-state index contributed by atoms with van der Waals surface area (Å²) in [7, 11) is 0. The second kappa shape index (κ2) is 5.61. The van der Waals surface area contributed by atoms with Gasteiger partial charge in [-0.1, -0.05) is 0 Å². The zero-order valence-electron chi connectivity index (χ0n) is 11.3. The molecule has 21 heavy (non-hydrogen) atoms. The van der Waals surface area contributed by atoms with E-state index in [1.807, 2.05) is 12.1 Å². The monoisotopic (exact) mass is 361 g/mol. The second-order valence-corrected chi connectivity index (χ2v) is 6.21. The van der Waals surface area contributed by atoms with E-state index >= 15 is 0 Å². The topological polar surface area (TPSA) is 21.1 Å². The van der Waals surface area contributed by atoms with Crippen LogP contribution in [-0.4, -0.2) is 40.3 Å². The average Bonchev–Trinajstić information content (AvgIpc) is 2.74. The average molecular weight is 362 g/mol. The molecule has 0 amide bonds. The maximum Gasteiger partial charge on any atom is 0.401 e. The first-order valence-electron chi connectivity index (χ1n) is 6.83. The van der Waals surface area contributed by atoms with Gasteiger partial charge in [0.05, 0.1) is 16.7 Å². The Hall–Kier alpha value is -1.08. The van der Waals surface area contributed by atoms with E-state index in [2.05, 4.69) is 25.5 Å². The fourth-order valence-electron chi connectivity index (χ4n) is 3.00. The van der Waals surface area contributed by atoms with Crippen molar-refractivity contribution in [2.75, 3.05) is 19.6 Å². The van der Waals surface area contributed by atoms with Gasteiger partial charge in [0.1, 0.15) is 0 Å². The van der Waals surface area contributed by atoms with Gasteiger partial charge in [0.15, 0.2) is 0 Å². The molecule has 0 aliphatic carbocycles. The standard InChI is InChI=1S/C14H15BrF3N3/c15-13-7-10-8-19-4-1-12(10)21(13)11-2-5-20(6-3-11)9-14(16,17)18/h1,4,7-8,11H,2-3,5-6,9H2. The lowest BCUT2D eigenvalue weighted by atomic mass is 10.0. The van der Waals surface area contributed by atoms with Gasteiger partial charge in [0.25, 0.3) is 0 Å². The summed E-state index contributed by atoms with van der Waals surface area (Å²) in [5.74, 6) is 0. The van der Waals surface area contributed by atoms with E-state index in [1.165, 1.54) is 4.90 Å². The third-order valence-corrected chi connectivity index (χ3v) is 4.53. The Morgan fingerprint density at radius 3 is 2.67 bits per heavy atom. The lowest BCUT2D eigenvalue weighted by Crippen LogP contribution is -2.40. The molecule has 1 aliphatic rings. The Labute approximate surface area is 128 Å². The Morgan fingerprint density at radius 2 is 2.00 bits per heavy atom. The number of halogens is 4. The number of nitrogens with zero attached hydrogens (tertiary/aromatic N) is 3. The van der Waals surface area contributed by atoms with Crippen LogP contribution in [0.25, 0.3) is 10.9 Å². The number of pyridine rings is 1. The first-order valence-corrected chi connectivity index (χ1v) is 7.63. The number of rotatable bonds is 2. The van der Waals surface area contributed by atoms with Gasteiger partial charge in [-0.05, 0) is 40.9 Å². The van der Waals surface area contributed by atoms with Crippen LogP contribution in [0, 0.1) is 0 Å². The predicted molar refractivity (Wildman–Crippen MR) is 78.2 cm³/mol. The number of likely N-dealkylation sites (tertiary alicyclic amines) is 1. The second-order valence-electron chi connectivity index (χ2n) is 5.39. The fraction of sp³-hybridized carbons (Fsp3) is 0.500. The van der Waals surface area contributed by atoms with E-state index in [0.717, 1.165) is 28.3 Å². The summed E-state index contributed by atoms with van der Waals surface area (Å²) in [5.41, 5.74) is 1.08. The van der Waals surface area contributed by atoms with E-state index in [0.29, 0.717) is 13.1 Å². The van der Waals surface area contributed by atoms with Gasteiger partial charge >= 0.3 is 6.18 Å². The smallest absolute Gasteiger partial charge is 0.332 e. The molecule has 0 unspecified atom stereocenters. The van der Waals surface area contributed by atoms with Crippen molar-refractivity contribution in [1.82, 2.24) is 14.5 Å². The van der Waals surface area contributed by atoms with Crippen molar-refractivity contribution in [1.29, 1.82) is 0 Å². The van der Waals surface area contributed by atoms with Gasteiger partial charge in [0, 0.05) is 36.9 Å². The molecule has 0 atom stereocenters. The summed E-state index contributed by atoms with van der Waals surface area (Å²) in [6.07, 6.45) is 0.875. The predicted octanol–water partition coefficient (Wildman–Crippen LogP) is 4.00. The van der Waals surface area contributed by atoms with E-state index in [9.17, 15) is 13.2 Å². The van der Waals surface area contributed by atoms with Crippen LogP contribution >= 0.6 is 15.9 Å². The first kappa shape index (κ1) is 14.8. The molecule has 1 saturated heterocycles. The van der Waals surface area contributed by atoms with E-state index < -0.39 is 12.7 Å². The minimum atomic E-state index is -4.11. The Kier molecular flexibility index (Phi) is 3.96. The molecule has 114 valence electrons. The van der Waals surface area contributed by atoms with Crippen LogP contribution in [0.1, 0.15) is 18.9 Å². The molecule has 2 aromatic rings. The molecule has 1 fully saturated rings. The molecule has 0 saturated carbocycles. The largest absolute Gasteiger partial charge is 0.401 e. The SMILES string of the molecule is FC(F)(F)CN1CCC(n2c(Br)cc3cnccc32)CC1. The lowest BCUT2D eigenvalue weighted by Gasteiger charge is -2.33. The van der Waals surface area contributed by atoms with Crippen LogP contribution in [0.15, 0.2) is 29.1 Å². The molecule has 3 nitrogen and oxygen atoms in total. The fourth-order valence-corrected chi connectivity index (χ4v) is 3.73. The maximum absolute atomic E-state index is 12.4. The van der Waals surface area contributed by atoms with Gasteiger partial charge in [0.2, 0.25) is 0 Å². The van der Waals surface area contributed by atoms with Gasteiger partial charge in [-0.2, -0.15) is 13.2 Å². The number of alkyl halides is 3. The Morgan fingerprint density at radius 1 is 1.29 bits per heavy atom. The molecule has 0 radical (unpaired) electrons. The third-order valence-electron chi connectivity index (χ3n) is 3.92. The summed E-state index contributed by atoms with van der Waals surface area (Å²) in [5, 5.41) is 1.04. The Balaban J connectivity index is 1.76. The van der Waals surface area contributed by atoms with Crippen molar-refractivity contribution in [2.45, 2.75) is 25.1 Å². The number of hydrogen-bond acceptors (Lipinski definition) is 2. The van der Waals surface area contributed by atoms with Crippen LogP contribution in [0.4, 0.5) is 13.2 Å². The van der Waals surface area contributed by atoms with E-state index in [1.54, 1.807) is 12.4 Å². The number of hydrogen-bond donors (Lipinski definition) is 0. The highest BCUT2D eigenvalue weighted by molar-refractivity contribution is 9.10. The molecule has 1 aliphatic heterocycles. The number of piperidine rings is 1. The minimum Gasteiger partial charge on any atom is -0.332 e. The summed E-state index contributed by atoms with van der Waals surface area (Å²) >= 11 is 3.55. The highest BCUT2D eigenvalue weighted by Crippen LogP contribution is 2.33. The molecule has 3 rings (SSSR count). The van der Waals surface area contributed by atoms with Crippen molar-refractivity contribution in [2.24, 2.45) is 0 Å². The van der Waals surface area contributed by atoms with Crippen LogP contribution in [0.2, 0.25) is 0 Å². The number of fused-ring (bicyclic) bond motifs is 1. The molecular formula is C14H15BrF3N3. The van der Waals surface area contributed by atoms with Crippen molar-refractivity contribution < 1.29 is 13.2 Å². The van der Waals surface area contributed by atoms with Crippen molar-refractivity contribution >= 4 is 26.8 Å². The first-order chi connectivity index (χ1) is 9.94. The highest BCUT2D eigenvalue weighted by Gasteiger charge is 2.33. The van der Waals surface area contributed by atoms with Gasteiger partial charge < -0.3 is 4.57 Å². The molecular weight excluding hydrogens is 347 g/mol. The molecule has 0 bridgehead atoms.